The van der Waals surface area contributed by atoms with E-state index in [9.17, 15) is 9.18 Å². The van der Waals surface area contributed by atoms with E-state index < -0.39 is 5.97 Å². The number of esters is 1. The van der Waals surface area contributed by atoms with E-state index in [-0.39, 0.29) is 11.7 Å². The van der Waals surface area contributed by atoms with Crippen LogP contribution in [0.2, 0.25) is 0 Å². The Morgan fingerprint density at radius 3 is 2.32 bits per heavy atom. The van der Waals surface area contributed by atoms with Gasteiger partial charge in [0, 0.05) is 6.07 Å². The Balaban J connectivity index is 1.95. The van der Waals surface area contributed by atoms with Gasteiger partial charge < -0.3 is 4.74 Å². The average Bonchev–Trinajstić information content (AvgIpc) is 3.00. The highest BCUT2D eigenvalue weighted by molar-refractivity contribution is 5.91. The fourth-order valence-electron chi connectivity index (χ4n) is 2.35. The number of aromatic nitrogens is 2. The minimum Gasteiger partial charge on any atom is -0.404 e. The van der Waals surface area contributed by atoms with Gasteiger partial charge in [-0.15, -0.1) is 0 Å². The number of carbonyl (C=O) groups is 1. The summed E-state index contributed by atoms with van der Waals surface area (Å²) >= 11 is 0. The van der Waals surface area contributed by atoms with Gasteiger partial charge in [-0.25, -0.2) is 13.9 Å². The lowest BCUT2D eigenvalue weighted by Crippen LogP contribution is -2.11. The summed E-state index contributed by atoms with van der Waals surface area (Å²) in [6, 6.07) is 14.8. The zero-order chi connectivity index (χ0) is 18.0. The van der Waals surface area contributed by atoms with Gasteiger partial charge in [-0.1, -0.05) is 31.5 Å². The van der Waals surface area contributed by atoms with Crippen molar-refractivity contribution < 1.29 is 13.9 Å². The maximum Gasteiger partial charge on any atom is 0.344 e. The summed E-state index contributed by atoms with van der Waals surface area (Å²) in [4.78, 5) is 12.4. The van der Waals surface area contributed by atoms with Crippen LogP contribution in [0.4, 0.5) is 4.39 Å². The van der Waals surface area contributed by atoms with Crippen LogP contribution in [0, 0.1) is 12.7 Å². The van der Waals surface area contributed by atoms with Crippen LogP contribution >= 0.6 is 0 Å². The maximum absolute atomic E-state index is 13.2. The molecule has 5 heteroatoms. The van der Waals surface area contributed by atoms with Gasteiger partial charge in [-0.3, -0.25) is 0 Å². The van der Waals surface area contributed by atoms with Crippen molar-refractivity contribution in [2.24, 2.45) is 0 Å². The third kappa shape index (κ3) is 3.76. The zero-order valence-corrected chi connectivity index (χ0v) is 14.4. The molecular formula is C20H19FN2O2. The highest BCUT2D eigenvalue weighted by atomic mass is 19.1. The molecule has 0 spiro atoms. The Morgan fingerprint density at radius 1 is 1.08 bits per heavy atom. The molecule has 25 heavy (non-hydrogen) atoms. The molecule has 0 bridgehead atoms. The monoisotopic (exact) mass is 338 g/mol. The van der Waals surface area contributed by atoms with E-state index in [2.05, 4.69) is 5.10 Å². The second-order valence-corrected chi connectivity index (χ2v) is 6.21. The fourth-order valence-corrected chi connectivity index (χ4v) is 2.35. The molecule has 0 saturated heterocycles. The summed E-state index contributed by atoms with van der Waals surface area (Å²) in [5.74, 6) is -0.323. The predicted octanol–water partition coefficient (Wildman–Crippen LogP) is 4.66. The SMILES string of the molecule is Cc1ccc(C(=O)Oc2cc(C(C)C)nn2-c2ccc(F)cc2)cc1. The molecule has 0 aliphatic rings. The Hall–Kier alpha value is -2.95. The summed E-state index contributed by atoms with van der Waals surface area (Å²) in [5.41, 5.74) is 2.94. The molecule has 0 N–H and O–H groups in total. The molecule has 3 aromatic rings. The molecule has 0 amide bonds. The molecule has 1 aromatic heterocycles. The minimum absolute atomic E-state index is 0.165. The maximum atomic E-state index is 13.2. The normalized spacial score (nSPS) is 10.9. The van der Waals surface area contributed by atoms with Crippen LogP contribution in [0.25, 0.3) is 5.69 Å². The average molecular weight is 338 g/mol. The van der Waals surface area contributed by atoms with Gasteiger partial charge in [-0.2, -0.15) is 5.10 Å². The molecule has 0 radical (unpaired) electrons. The second-order valence-electron chi connectivity index (χ2n) is 6.21. The van der Waals surface area contributed by atoms with Gasteiger partial charge in [0.05, 0.1) is 16.9 Å². The third-order valence-electron chi connectivity index (χ3n) is 3.84. The number of carbonyl (C=O) groups excluding carboxylic acids is 1. The zero-order valence-electron chi connectivity index (χ0n) is 14.4. The minimum atomic E-state index is -0.460. The van der Waals surface area contributed by atoms with Gasteiger partial charge in [-0.05, 0) is 49.2 Å². The number of halogens is 1. The molecule has 3 rings (SSSR count). The first-order valence-electron chi connectivity index (χ1n) is 8.09. The smallest absolute Gasteiger partial charge is 0.344 e. The quantitative estimate of drug-likeness (QED) is 0.650. The summed E-state index contributed by atoms with van der Waals surface area (Å²) in [6.07, 6.45) is 0. The number of rotatable bonds is 4. The summed E-state index contributed by atoms with van der Waals surface area (Å²) in [7, 11) is 0. The number of ether oxygens (including phenoxy) is 1. The third-order valence-corrected chi connectivity index (χ3v) is 3.84. The first-order valence-corrected chi connectivity index (χ1v) is 8.09. The highest BCUT2D eigenvalue weighted by Gasteiger charge is 2.17. The molecule has 0 aliphatic carbocycles. The van der Waals surface area contributed by atoms with Gasteiger partial charge in [0.15, 0.2) is 0 Å². The van der Waals surface area contributed by atoms with E-state index in [0.717, 1.165) is 11.3 Å². The number of nitrogens with zero attached hydrogens (tertiary/aromatic N) is 2. The van der Waals surface area contributed by atoms with Crippen molar-refractivity contribution in [2.75, 3.05) is 0 Å². The van der Waals surface area contributed by atoms with Gasteiger partial charge in [0.25, 0.3) is 0 Å². The standard InChI is InChI=1S/C20H19FN2O2/c1-13(2)18-12-19(23(22-18)17-10-8-16(21)9-11-17)25-20(24)15-6-4-14(3)5-7-15/h4-13H,1-3H3. The lowest BCUT2D eigenvalue weighted by atomic mass is 10.1. The van der Waals surface area contributed by atoms with Crippen molar-refractivity contribution in [2.45, 2.75) is 26.7 Å². The Bertz CT molecular complexity index is 881. The Kier molecular flexibility index (Phi) is 4.65. The molecule has 0 atom stereocenters. The summed E-state index contributed by atoms with van der Waals surface area (Å²) in [6.45, 7) is 5.96. The van der Waals surface area contributed by atoms with Crippen LogP contribution in [0.15, 0.2) is 54.6 Å². The molecule has 0 unspecified atom stereocenters. The Labute approximate surface area is 145 Å². The van der Waals surface area contributed by atoms with Gasteiger partial charge in [0.1, 0.15) is 5.82 Å². The molecule has 1 heterocycles. The first-order chi connectivity index (χ1) is 11.9. The van der Waals surface area contributed by atoms with E-state index in [0.29, 0.717) is 17.1 Å². The number of hydrogen-bond donors (Lipinski definition) is 0. The van der Waals surface area contributed by atoms with E-state index in [1.807, 2.05) is 32.9 Å². The lowest BCUT2D eigenvalue weighted by molar-refractivity contribution is 0.0723. The van der Waals surface area contributed by atoms with Crippen molar-refractivity contribution in [3.63, 3.8) is 0 Å². The summed E-state index contributed by atoms with van der Waals surface area (Å²) < 4.78 is 20.3. The van der Waals surface area contributed by atoms with Crippen LogP contribution in [-0.2, 0) is 0 Å². The van der Waals surface area contributed by atoms with Crippen molar-refractivity contribution >= 4 is 5.97 Å². The Morgan fingerprint density at radius 2 is 1.72 bits per heavy atom. The second kappa shape index (κ2) is 6.89. The molecule has 4 nitrogen and oxygen atoms in total. The van der Waals surface area contributed by atoms with Crippen molar-refractivity contribution in [1.82, 2.24) is 9.78 Å². The summed E-state index contributed by atoms with van der Waals surface area (Å²) in [5, 5.41) is 4.49. The highest BCUT2D eigenvalue weighted by Crippen LogP contribution is 2.25. The van der Waals surface area contributed by atoms with Crippen LogP contribution in [0.3, 0.4) is 0 Å². The van der Waals surface area contributed by atoms with Crippen LogP contribution in [-0.4, -0.2) is 15.7 Å². The van der Waals surface area contributed by atoms with E-state index in [1.54, 1.807) is 30.3 Å². The van der Waals surface area contributed by atoms with Gasteiger partial charge >= 0.3 is 5.97 Å². The van der Waals surface area contributed by atoms with Gasteiger partial charge in [0.2, 0.25) is 5.88 Å². The van der Waals surface area contributed by atoms with Crippen LogP contribution in [0.1, 0.15) is 41.4 Å². The van der Waals surface area contributed by atoms with E-state index in [4.69, 9.17) is 4.74 Å². The fraction of sp³-hybridized carbons (Fsp3) is 0.200. The first kappa shape index (κ1) is 16.9. The van der Waals surface area contributed by atoms with Crippen molar-refractivity contribution in [3.8, 4) is 11.6 Å². The van der Waals surface area contributed by atoms with E-state index >= 15 is 0 Å². The number of benzene rings is 2. The molecule has 2 aromatic carbocycles. The molecule has 128 valence electrons. The number of aryl methyl sites for hydroxylation is 1. The number of hydrogen-bond acceptors (Lipinski definition) is 3. The van der Waals surface area contributed by atoms with Crippen molar-refractivity contribution in [1.29, 1.82) is 0 Å². The van der Waals surface area contributed by atoms with Crippen LogP contribution < -0.4 is 4.74 Å². The largest absolute Gasteiger partial charge is 0.404 e. The molecule has 0 aliphatic heterocycles. The predicted molar refractivity (Wildman–Crippen MR) is 93.7 cm³/mol. The van der Waals surface area contributed by atoms with Crippen LogP contribution in [0.5, 0.6) is 5.88 Å². The molecule has 0 saturated carbocycles. The lowest BCUT2D eigenvalue weighted by Gasteiger charge is -2.08. The van der Waals surface area contributed by atoms with Crippen molar-refractivity contribution in [3.05, 3.63) is 77.2 Å². The van der Waals surface area contributed by atoms with E-state index in [1.165, 1.54) is 16.8 Å². The molecular weight excluding hydrogens is 319 g/mol. The topological polar surface area (TPSA) is 44.1 Å². The molecule has 0 fully saturated rings.